The van der Waals surface area contributed by atoms with Gasteiger partial charge in [-0.2, -0.15) is 0 Å². The van der Waals surface area contributed by atoms with Gasteiger partial charge in [0.25, 0.3) is 15.9 Å². The molecule has 3 rings (SSSR count). The molecule has 0 aliphatic heterocycles. The number of carbonyl (C=O) groups excluding carboxylic acids is 1. The van der Waals surface area contributed by atoms with Gasteiger partial charge in [0, 0.05) is 12.6 Å². The number of anilines is 1. The lowest BCUT2D eigenvalue weighted by Gasteiger charge is -2.21. The number of amides is 1. The Balaban J connectivity index is 1.70. The summed E-state index contributed by atoms with van der Waals surface area (Å²) >= 11 is 0. The van der Waals surface area contributed by atoms with E-state index in [0.717, 1.165) is 11.1 Å². The molecule has 1 atom stereocenters. The third-order valence-electron chi connectivity index (χ3n) is 5.80. The average Bonchev–Trinajstić information content (AvgIpc) is 2.78. The number of rotatable bonds is 6. The maximum atomic E-state index is 12.9. The van der Waals surface area contributed by atoms with Crippen LogP contribution < -0.4 is 9.62 Å². The van der Waals surface area contributed by atoms with E-state index in [0.29, 0.717) is 11.3 Å². The van der Waals surface area contributed by atoms with Crippen molar-refractivity contribution in [3.8, 4) is 0 Å². The van der Waals surface area contributed by atoms with E-state index in [2.05, 4.69) is 38.2 Å². The summed E-state index contributed by atoms with van der Waals surface area (Å²) in [6, 6.07) is 21.4. The number of aryl methyl sites for hydroxylation is 1. The molecule has 1 unspecified atom stereocenters. The van der Waals surface area contributed by atoms with Crippen molar-refractivity contribution in [2.45, 2.75) is 51.0 Å². The fourth-order valence-electron chi connectivity index (χ4n) is 3.46. The van der Waals surface area contributed by atoms with Gasteiger partial charge in [0.1, 0.15) is 0 Å². The summed E-state index contributed by atoms with van der Waals surface area (Å²) in [4.78, 5) is 13.0. The highest BCUT2D eigenvalue weighted by Crippen LogP contribution is 2.25. The van der Waals surface area contributed by atoms with Crippen LogP contribution in [0.3, 0.4) is 0 Å². The first-order valence-corrected chi connectivity index (χ1v) is 12.4. The molecule has 0 radical (unpaired) electrons. The zero-order valence-electron chi connectivity index (χ0n) is 20.1. The van der Waals surface area contributed by atoms with Crippen LogP contribution in [0.15, 0.2) is 77.7 Å². The molecule has 174 valence electrons. The summed E-state index contributed by atoms with van der Waals surface area (Å²) in [5.41, 5.74) is 4.29. The molecule has 0 heterocycles. The lowest BCUT2D eigenvalue weighted by Crippen LogP contribution is -2.28. The van der Waals surface area contributed by atoms with Gasteiger partial charge in [0.2, 0.25) is 0 Å². The summed E-state index contributed by atoms with van der Waals surface area (Å²) < 4.78 is 27.0. The minimum absolute atomic E-state index is 0.0762. The number of carbonyl (C=O) groups is 1. The fraction of sp³-hybridized carbons (Fsp3) is 0.296. The Kier molecular flexibility index (Phi) is 6.98. The van der Waals surface area contributed by atoms with E-state index in [4.69, 9.17) is 0 Å². The van der Waals surface area contributed by atoms with Gasteiger partial charge < -0.3 is 5.32 Å². The van der Waals surface area contributed by atoms with E-state index >= 15 is 0 Å². The monoisotopic (exact) mass is 464 g/mol. The fourth-order valence-corrected chi connectivity index (χ4v) is 4.66. The maximum Gasteiger partial charge on any atom is 0.264 e. The van der Waals surface area contributed by atoms with Gasteiger partial charge in [-0.1, -0.05) is 62.7 Å². The Morgan fingerprint density at radius 3 is 1.94 bits per heavy atom. The summed E-state index contributed by atoms with van der Waals surface area (Å²) in [6.07, 6.45) is 0. The topological polar surface area (TPSA) is 66.5 Å². The van der Waals surface area contributed by atoms with Crippen molar-refractivity contribution in [3.63, 3.8) is 0 Å². The lowest BCUT2D eigenvalue weighted by atomic mass is 9.86. The standard InChI is InChI=1S/C27H32N2O3S/c1-19-7-17-25(18-8-19)33(31,32)29(6)24-15-11-22(12-16-24)26(30)28-20(2)21-9-13-23(14-10-21)27(3,4)5/h7-18,20H,1-6H3,(H,28,30). The molecule has 0 bridgehead atoms. The molecule has 6 heteroatoms. The first kappa shape index (κ1) is 24.5. The van der Waals surface area contributed by atoms with Crippen molar-refractivity contribution in [3.05, 3.63) is 95.1 Å². The highest BCUT2D eigenvalue weighted by molar-refractivity contribution is 7.92. The molecule has 3 aromatic carbocycles. The Morgan fingerprint density at radius 2 is 1.42 bits per heavy atom. The molecular formula is C27H32N2O3S. The van der Waals surface area contributed by atoms with E-state index in [1.807, 2.05) is 26.0 Å². The van der Waals surface area contributed by atoms with Crippen LogP contribution in [0.2, 0.25) is 0 Å². The third kappa shape index (κ3) is 5.63. The van der Waals surface area contributed by atoms with Crippen LogP contribution in [-0.4, -0.2) is 21.4 Å². The summed E-state index contributed by atoms with van der Waals surface area (Å²) in [5.74, 6) is -0.210. The predicted molar refractivity (Wildman–Crippen MR) is 134 cm³/mol. The normalized spacial score (nSPS) is 12.8. The molecule has 0 spiro atoms. The number of benzene rings is 3. The Hall–Kier alpha value is -3.12. The number of sulfonamides is 1. The van der Waals surface area contributed by atoms with Crippen molar-refractivity contribution in [1.29, 1.82) is 0 Å². The van der Waals surface area contributed by atoms with Gasteiger partial charge in [-0.05, 0) is 66.8 Å². The van der Waals surface area contributed by atoms with Gasteiger partial charge in [-0.15, -0.1) is 0 Å². The van der Waals surface area contributed by atoms with E-state index in [1.165, 1.54) is 16.9 Å². The minimum atomic E-state index is -3.68. The first-order valence-electron chi connectivity index (χ1n) is 11.0. The summed E-state index contributed by atoms with van der Waals surface area (Å²) in [6.45, 7) is 10.4. The summed E-state index contributed by atoms with van der Waals surface area (Å²) in [5, 5.41) is 3.01. The molecule has 0 saturated heterocycles. The van der Waals surface area contributed by atoms with Gasteiger partial charge in [0.15, 0.2) is 0 Å². The SMILES string of the molecule is Cc1ccc(S(=O)(=O)N(C)c2ccc(C(=O)NC(C)c3ccc(C(C)(C)C)cc3)cc2)cc1. The van der Waals surface area contributed by atoms with Crippen LogP contribution in [-0.2, 0) is 15.4 Å². The molecule has 0 aliphatic rings. The maximum absolute atomic E-state index is 12.9. The molecule has 1 amide bonds. The largest absolute Gasteiger partial charge is 0.346 e. The van der Waals surface area contributed by atoms with Gasteiger partial charge in [0.05, 0.1) is 16.6 Å². The van der Waals surface area contributed by atoms with E-state index in [9.17, 15) is 13.2 Å². The highest BCUT2D eigenvalue weighted by atomic mass is 32.2. The lowest BCUT2D eigenvalue weighted by molar-refractivity contribution is 0.0940. The van der Waals surface area contributed by atoms with Crippen molar-refractivity contribution < 1.29 is 13.2 Å². The van der Waals surface area contributed by atoms with Gasteiger partial charge >= 0.3 is 0 Å². The molecule has 0 aliphatic carbocycles. The molecule has 3 aromatic rings. The van der Waals surface area contributed by atoms with Crippen LogP contribution in [0.25, 0.3) is 0 Å². The van der Waals surface area contributed by atoms with Crippen molar-refractivity contribution in [2.24, 2.45) is 0 Å². The quantitative estimate of drug-likeness (QED) is 0.516. The van der Waals surface area contributed by atoms with Crippen LogP contribution >= 0.6 is 0 Å². The van der Waals surface area contributed by atoms with Crippen molar-refractivity contribution >= 4 is 21.6 Å². The third-order valence-corrected chi connectivity index (χ3v) is 7.60. The second-order valence-corrected chi connectivity index (χ2v) is 11.4. The van der Waals surface area contributed by atoms with E-state index in [1.54, 1.807) is 48.5 Å². The Morgan fingerprint density at radius 1 is 0.879 bits per heavy atom. The minimum Gasteiger partial charge on any atom is -0.346 e. The van der Waals surface area contributed by atoms with Crippen molar-refractivity contribution in [2.75, 3.05) is 11.4 Å². The smallest absolute Gasteiger partial charge is 0.264 e. The molecule has 0 fully saturated rings. The Bertz CT molecular complexity index is 1210. The van der Waals surface area contributed by atoms with Gasteiger partial charge in [-0.3, -0.25) is 9.10 Å². The number of hydrogen-bond acceptors (Lipinski definition) is 3. The van der Waals surface area contributed by atoms with Crippen LogP contribution in [0, 0.1) is 6.92 Å². The van der Waals surface area contributed by atoms with Crippen LogP contribution in [0.5, 0.6) is 0 Å². The molecule has 1 N–H and O–H groups in total. The number of nitrogens with zero attached hydrogens (tertiary/aromatic N) is 1. The molecule has 5 nitrogen and oxygen atoms in total. The first-order chi connectivity index (χ1) is 15.4. The molecule has 0 aromatic heterocycles. The molecular weight excluding hydrogens is 432 g/mol. The van der Waals surface area contributed by atoms with E-state index < -0.39 is 10.0 Å². The second kappa shape index (κ2) is 9.40. The number of hydrogen-bond donors (Lipinski definition) is 1. The zero-order valence-corrected chi connectivity index (χ0v) is 20.9. The van der Waals surface area contributed by atoms with E-state index in [-0.39, 0.29) is 22.3 Å². The second-order valence-electron chi connectivity index (χ2n) is 9.40. The Labute approximate surface area is 197 Å². The number of nitrogens with one attached hydrogen (secondary N) is 1. The molecule has 0 saturated carbocycles. The molecule has 33 heavy (non-hydrogen) atoms. The van der Waals surface area contributed by atoms with Gasteiger partial charge in [-0.25, -0.2) is 8.42 Å². The summed E-state index contributed by atoms with van der Waals surface area (Å²) in [7, 11) is -2.17. The highest BCUT2D eigenvalue weighted by Gasteiger charge is 2.21. The zero-order chi connectivity index (χ0) is 24.4. The predicted octanol–water partition coefficient (Wildman–Crippen LogP) is 5.61. The van der Waals surface area contributed by atoms with Crippen molar-refractivity contribution in [1.82, 2.24) is 5.32 Å². The van der Waals surface area contributed by atoms with Crippen LogP contribution in [0.4, 0.5) is 5.69 Å². The average molecular weight is 465 g/mol. The van der Waals surface area contributed by atoms with Crippen LogP contribution in [0.1, 0.15) is 60.8 Å².